The van der Waals surface area contributed by atoms with Gasteiger partial charge in [0.15, 0.2) is 4.34 Å². The highest BCUT2D eigenvalue weighted by Gasteiger charge is 2.13. The van der Waals surface area contributed by atoms with Gasteiger partial charge in [-0.15, -0.1) is 10.2 Å². The number of thioether (sulfide) groups is 1. The van der Waals surface area contributed by atoms with Crippen molar-refractivity contribution in [3.05, 3.63) is 29.8 Å². The van der Waals surface area contributed by atoms with Crippen LogP contribution in [-0.2, 0) is 0 Å². The summed E-state index contributed by atoms with van der Waals surface area (Å²) < 4.78 is 6.26. The second-order valence-electron chi connectivity index (χ2n) is 4.40. The maximum absolute atomic E-state index is 6.23. The highest BCUT2D eigenvalue weighted by molar-refractivity contribution is 8.01. The lowest BCUT2D eigenvalue weighted by atomic mass is 10.1. The van der Waals surface area contributed by atoms with Gasteiger partial charge in [-0.3, -0.25) is 0 Å². The Morgan fingerprint density at radius 2 is 2.10 bits per heavy atom. The summed E-state index contributed by atoms with van der Waals surface area (Å²) in [5.74, 6) is 1.56. The SMILES string of the molecule is COc1ccccc1C(N)CSc1nnc(N(C)C)s1. The van der Waals surface area contributed by atoms with Gasteiger partial charge < -0.3 is 15.4 Å². The molecule has 108 valence electrons. The molecule has 0 aliphatic heterocycles. The minimum Gasteiger partial charge on any atom is -0.496 e. The van der Waals surface area contributed by atoms with Crippen molar-refractivity contribution >= 4 is 28.2 Å². The van der Waals surface area contributed by atoms with Crippen LogP contribution in [0.15, 0.2) is 28.6 Å². The molecule has 0 fully saturated rings. The van der Waals surface area contributed by atoms with Crippen LogP contribution >= 0.6 is 23.1 Å². The van der Waals surface area contributed by atoms with Crippen molar-refractivity contribution in [2.45, 2.75) is 10.4 Å². The standard InChI is InChI=1S/C13H18N4OS2/c1-17(2)12-15-16-13(20-12)19-8-10(14)9-6-4-5-7-11(9)18-3/h4-7,10H,8,14H2,1-3H3. The molecule has 1 heterocycles. The number of benzene rings is 1. The number of anilines is 1. The summed E-state index contributed by atoms with van der Waals surface area (Å²) in [6.07, 6.45) is 0. The van der Waals surface area contributed by atoms with Crippen molar-refractivity contribution in [3.8, 4) is 5.75 Å². The first-order chi connectivity index (χ1) is 9.61. The Balaban J connectivity index is 1.99. The molecular weight excluding hydrogens is 292 g/mol. The van der Waals surface area contributed by atoms with Crippen molar-refractivity contribution in [2.24, 2.45) is 5.73 Å². The maximum Gasteiger partial charge on any atom is 0.208 e. The zero-order chi connectivity index (χ0) is 14.5. The lowest BCUT2D eigenvalue weighted by Crippen LogP contribution is -2.14. The predicted octanol–water partition coefficient (Wildman–Crippen LogP) is 2.40. The molecule has 0 aliphatic rings. The van der Waals surface area contributed by atoms with Crippen LogP contribution in [0, 0.1) is 0 Å². The molecule has 0 amide bonds. The van der Waals surface area contributed by atoms with E-state index in [0.717, 1.165) is 26.5 Å². The number of para-hydroxylation sites is 1. The van der Waals surface area contributed by atoms with Crippen LogP contribution in [0.3, 0.4) is 0 Å². The Kier molecular flexibility index (Phi) is 5.22. The van der Waals surface area contributed by atoms with Gasteiger partial charge in [0.1, 0.15) is 5.75 Å². The third-order valence-electron chi connectivity index (χ3n) is 2.70. The number of nitrogens with zero attached hydrogens (tertiary/aromatic N) is 3. The van der Waals surface area contributed by atoms with Crippen molar-refractivity contribution < 1.29 is 4.74 Å². The first kappa shape index (κ1) is 15.1. The minimum atomic E-state index is -0.0946. The predicted molar refractivity (Wildman–Crippen MR) is 84.9 cm³/mol. The average Bonchev–Trinajstić information content (AvgIpc) is 2.94. The van der Waals surface area contributed by atoms with E-state index in [-0.39, 0.29) is 6.04 Å². The maximum atomic E-state index is 6.23. The zero-order valence-corrected chi connectivity index (χ0v) is 13.4. The molecule has 0 saturated carbocycles. The Morgan fingerprint density at radius 3 is 2.75 bits per heavy atom. The highest BCUT2D eigenvalue weighted by atomic mass is 32.2. The summed E-state index contributed by atoms with van der Waals surface area (Å²) in [6.45, 7) is 0. The van der Waals surface area contributed by atoms with E-state index in [2.05, 4.69) is 10.2 Å². The third kappa shape index (κ3) is 3.62. The number of hydrogen-bond donors (Lipinski definition) is 1. The van der Waals surface area contributed by atoms with Crippen LogP contribution in [0.1, 0.15) is 11.6 Å². The summed E-state index contributed by atoms with van der Waals surface area (Å²) >= 11 is 3.19. The molecule has 5 nitrogen and oxygen atoms in total. The van der Waals surface area contributed by atoms with E-state index >= 15 is 0 Å². The Labute approximate surface area is 127 Å². The Bertz CT molecular complexity index is 559. The monoisotopic (exact) mass is 310 g/mol. The molecule has 0 bridgehead atoms. The fraction of sp³-hybridized carbons (Fsp3) is 0.385. The smallest absolute Gasteiger partial charge is 0.208 e. The summed E-state index contributed by atoms with van der Waals surface area (Å²) in [5.41, 5.74) is 7.24. The lowest BCUT2D eigenvalue weighted by molar-refractivity contribution is 0.407. The van der Waals surface area contributed by atoms with Gasteiger partial charge in [-0.05, 0) is 6.07 Å². The van der Waals surface area contributed by atoms with Gasteiger partial charge in [0.05, 0.1) is 7.11 Å². The van der Waals surface area contributed by atoms with Crippen LogP contribution in [0.25, 0.3) is 0 Å². The second kappa shape index (κ2) is 6.92. The Morgan fingerprint density at radius 1 is 1.35 bits per heavy atom. The summed E-state index contributed by atoms with van der Waals surface area (Å²) in [4.78, 5) is 1.95. The number of nitrogens with two attached hydrogens (primary N) is 1. The van der Waals surface area contributed by atoms with Crippen LogP contribution < -0.4 is 15.4 Å². The number of aromatic nitrogens is 2. The molecule has 1 aromatic heterocycles. The molecule has 1 aromatic carbocycles. The molecule has 2 N–H and O–H groups in total. The number of hydrogen-bond acceptors (Lipinski definition) is 7. The van der Waals surface area contributed by atoms with Gasteiger partial charge in [0, 0.05) is 31.5 Å². The van der Waals surface area contributed by atoms with Crippen molar-refractivity contribution in [1.29, 1.82) is 0 Å². The van der Waals surface area contributed by atoms with Gasteiger partial charge in [-0.25, -0.2) is 0 Å². The highest BCUT2D eigenvalue weighted by Crippen LogP contribution is 2.31. The van der Waals surface area contributed by atoms with Crippen molar-refractivity contribution in [2.75, 3.05) is 31.9 Å². The molecule has 0 saturated heterocycles. The summed E-state index contributed by atoms with van der Waals surface area (Å²) in [7, 11) is 5.57. The van der Waals surface area contributed by atoms with Crippen molar-refractivity contribution in [3.63, 3.8) is 0 Å². The minimum absolute atomic E-state index is 0.0946. The zero-order valence-electron chi connectivity index (χ0n) is 11.7. The molecule has 0 aliphatic carbocycles. The van der Waals surface area contributed by atoms with Crippen LogP contribution in [0.2, 0.25) is 0 Å². The number of methoxy groups -OCH3 is 1. The van der Waals surface area contributed by atoms with Gasteiger partial charge in [-0.2, -0.15) is 0 Å². The van der Waals surface area contributed by atoms with Crippen LogP contribution in [0.5, 0.6) is 5.75 Å². The van der Waals surface area contributed by atoms with E-state index in [1.807, 2.05) is 43.3 Å². The molecule has 2 aromatic rings. The van der Waals surface area contributed by atoms with Crippen molar-refractivity contribution in [1.82, 2.24) is 10.2 Å². The van der Waals surface area contributed by atoms with Gasteiger partial charge in [0.25, 0.3) is 0 Å². The quantitative estimate of drug-likeness (QED) is 0.827. The second-order valence-corrected chi connectivity index (χ2v) is 6.63. The van der Waals surface area contributed by atoms with E-state index in [0.29, 0.717) is 0 Å². The molecule has 0 radical (unpaired) electrons. The third-order valence-corrected chi connectivity index (χ3v) is 5.05. The van der Waals surface area contributed by atoms with E-state index < -0.39 is 0 Å². The first-order valence-corrected chi connectivity index (χ1v) is 7.94. The van der Waals surface area contributed by atoms with Gasteiger partial charge >= 0.3 is 0 Å². The molecular formula is C13H18N4OS2. The molecule has 0 spiro atoms. The fourth-order valence-electron chi connectivity index (χ4n) is 1.67. The van der Waals surface area contributed by atoms with E-state index in [9.17, 15) is 0 Å². The van der Waals surface area contributed by atoms with Gasteiger partial charge in [0.2, 0.25) is 5.13 Å². The molecule has 1 unspecified atom stereocenters. The normalized spacial score (nSPS) is 12.2. The van der Waals surface area contributed by atoms with Gasteiger partial charge in [-0.1, -0.05) is 41.3 Å². The molecule has 20 heavy (non-hydrogen) atoms. The first-order valence-electron chi connectivity index (χ1n) is 6.14. The van der Waals surface area contributed by atoms with E-state index in [1.54, 1.807) is 30.2 Å². The summed E-state index contributed by atoms with van der Waals surface area (Å²) in [5, 5.41) is 9.16. The van der Waals surface area contributed by atoms with Crippen LogP contribution in [-0.4, -0.2) is 37.2 Å². The van der Waals surface area contributed by atoms with E-state index in [4.69, 9.17) is 10.5 Å². The summed E-state index contributed by atoms with van der Waals surface area (Å²) in [6, 6.07) is 7.74. The largest absolute Gasteiger partial charge is 0.496 e. The average molecular weight is 310 g/mol. The fourth-order valence-corrected chi connectivity index (χ4v) is 3.43. The lowest BCUT2D eigenvalue weighted by Gasteiger charge is -2.14. The number of rotatable bonds is 6. The van der Waals surface area contributed by atoms with E-state index in [1.165, 1.54) is 0 Å². The molecule has 2 rings (SSSR count). The van der Waals surface area contributed by atoms with Crippen LogP contribution in [0.4, 0.5) is 5.13 Å². The molecule has 1 atom stereocenters. The Hall–Kier alpha value is -1.31. The number of ether oxygens (including phenoxy) is 1. The molecule has 7 heteroatoms. The topological polar surface area (TPSA) is 64.3 Å².